The van der Waals surface area contributed by atoms with Crippen molar-refractivity contribution in [1.82, 2.24) is 0 Å². The lowest BCUT2D eigenvalue weighted by molar-refractivity contribution is -0.0921. The molecule has 0 unspecified atom stereocenters. The first-order valence-electron chi connectivity index (χ1n) is 9.27. The molecule has 0 spiro atoms. The summed E-state index contributed by atoms with van der Waals surface area (Å²) < 4.78 is 0. The Kier molecular flexibility index (Phi) is 3.17. The third-order valence-electron chi connectivity index (χ3n) is 8.42. The van der Waals surface area contributed by atoms with Gasteiger partial charge in [-0.2, -0.15) is 0 Å². The summed E-state index contributed by atoms with van der Waals surface area (Å²) in [5.74, 6) is 3.75. The van der Waals surface area contributed by atoms with Crippen molar-refractivity contribution < 1.29 is 5.21 Å². The van der Waals surface area contributed by atoms with Gasteiger partial charge in [0.15, 0.2) is 0 Å². The first-order valence-corrected chi connectivity index (χ1v) is 9.27. The average Bonchev–Trinajstić information content (AvgIpc) is 2.88. The highest BCUT2D eigenvalue weighted by Crippen LogP contribution is 2.65. The molecule has 0 amide bonds. The zero-order valence-corrected chi connectivity index (χ0v) is 13.8. The van der Waals surface area contributed by atoms with E-state index in [2.05, 4.69) is 19.0 Å². The van der Waals surface area contributed by atoms with Crippen LogP contribution in [0.15, 0.2) is 5.16 Å². The predicted octanol–water partition coefficient (Wildman–Crippen LogP) is 5.25. The Morgan fingerprint density at radius 3 is 2.67 bits per heavy atom. The van der Waals surface area contributed by atoms with Crippen molar-refractivity contribution in [3.63, 3.8) is 0 Å². The number of fused-ring (bicyclic) bond motifs is 5. The average molecular weight is 289 g/mol. The summed E-state index contributed by atoms with van der Waals surface area (Å²) in [5.41, 5.74) is 2.27. The van der Waals surface area contributed by atoms with E-state index in [-0.39, 0.29) is 0 Å². The van der Waals surface area contributed by atoms with Gasteiger partial charge in [0.05, 0.1) is 5.71 Å². The minimum absolute atomic E-state index is 0.529. The Balaban J connectivity index is 1.61. The Morgan fingerprint density at radius 2 is 1.86 bits per heavy atom. The van der Waals surface area contributed by atoms with Crippen molar-refractivity contribution in [2.24, 2.45) is 39.7 Å². The lowest BCUT2D eigenvalue weighted by atomic mass is 9.45. The third kappa shape index (κ3) is 1.93. The van der Waals surface area contributed by atoms with E-state index < -0.39 is 0 Å². The maximum absolute atomic E-state index is 9.14. The fourth-order valence-electron chi connectivity index (χ4n) is 7.14. The van der Waals surface area contributed by atoms with Crippen LogP contribution in [0.2, 0.25) is 0 Å². The molecule has 4 saturated carbocycles. The van der Waals surface area contributed by atoms with Crippen molar-refractivity contribution in [2.45, 2.75) is 78.1 Å². The van der Waals surface area contributed by atoms with Gasteiger partial charge >= 0.3 is 0 Å². The first-order chi connectivity index (χ1) is 10.1. The zero-order chi connectivity index (χ0) is 14.7. The molecule has 0 bridgehead atoms. The molecule has 0 aliphatic heterocycles. The molecule has 4 rings (SSSR count). The van der Waals surface area contributed by atoms with Crippen LogP contribution < -0.4 is 0 Å². The third-order valence-corrected chi connectivity index (χ3v) is 8.42. The summed E-state index contributed by atoms with van der Waals surface area (Å²) in [6, 6.07) is 0. The maximum Gasteiger partial charge on any atom is 0.0574 e. The van der Waals surface area contributed by atoms with Crippen LogP contribution in [0.4, 0.5) is 0 Å². The lowest BCUT2D eigenvalue weighted by Gasteiger charge is -2.60. The van der Waals surface area contributed by atoms with Gasteiger partial charge in [-0.05, 0) is 92.3 Å². The zero-order valence-electron chi connectivity index (χ0n) is 13.8. The molecular formula is C19H31NO. The molecule has 4 fully saturated rings. The molecule has 0 aromatic carbocycles. The summed E-state index contributed by atoms with van der Waals surface area (Å²) in [4.78, 5) is 0. The van der Waals surface area contributed by atoms with Gasteiger partial charge in [0.1, 0.15) is 0 Å². The second-order valence-electron chi connectivity index (χ2n) is 9.11. The van der Waals surface area contributed by atoms with Gasteiger partial charge in [-0.15, -0.1) is 0 Å². The highest BCUT2D eigenvalue weighted by molar-refractivity contribution is 5.85. The molecule has 1 N–H and O–H groups in total. The highest BCUT2D eigenvalue weighted by atomic mass is 16.4. The van der Waals surface area contributed by atoms with Crippen molar-refractivity contribution in [3.05, 3.63) is 0 Å². The highest BCUT2D eigenvalue weighted by Gasteiger charge is 2.57. The fraction of sp³-hybridized carbons (Fsp3) is 0.947. The van der Waals surface area contributed by atoms with Crippen LogP contribution in [0.25, 0.3) is 0 Å². The molecule has 21 heavy (non-hydrogen) atoms. The second-order valence-corrected chi connectivity index (χ2v) is 9.11. The topological polar surface area (TPSA) is 32.6 Å². The number of nitrogens with zero attached hydrogens (tertiary/aromatic N) is 1. The van der Waals surface area contributed by atoms with Gasteiger partial charge < -0.3 is 5.21 Å². The van der Waals surface area contributed by atoms with Gasteiger partial charge in [0, 0.05) is 0 Å². The van der Waals surface area contributed by atoms with E-state index in [9.17, 15) is 0 Å². The summed E-state index contributed by atoms with van der Waals surface area (Å²) in [6.07, 6.45) is 13.6. The maximum atomic E-state index is 9.14. The SMILES string of the molecule is C[C@]12CCC[C@@H]1[C@H]1CC[C@H]3C/C(=N\O)CC[C@]3(C)[C@@H]1CC2. The Morgan fingerprint density at radius 1 is 1.00 bits per heavy atom. The van der Waals surface area contributed by atoms with E-state index >= 15 is 0 Å². The molecule has 4 aliphatic rings. The van der Waals surface area contributed by atoms with Gasteiger partial charge in [-0.3, -0.25) is 0 Å². The number of hydrogen-bond donors (Lipinski definition) is 1. The van der Waals surface area contributed by atoms with Crippen LogP contribution in [0.5, 0.6) is 0 Å². The number of rotatable bonds is 0. The summed E-state index contributed by atoms with van der Waals surface area (Å²) in [6.45, 7) is 5.17. The van der Waals surface area contributed by atoms with E-state index in [1.807, 2.05) is 0 Å². The van der Waals surface area contributed by atoms with E-state index in [0.29, 0.717) is 10.8 Å². The molecule has 0 heterocycles. The predicted molar refractivity (Wildman–Crippen MR) is 85.6 cm³/mol. The van der Waals surface area contributed by atoms with E-state index in [0.717, 1.165) is 42.2 Å². The van der Waals surface area contributed by atoms with E-state index in [1.54, 1.807) is 0 Å². The molecule has 6 atom stereocenters. The summed E-state index contributed by atoms with van der Waals surface area (Å²) in [5, 5.41) is 12.7. The Bertz CT molecular complexity index is 458. The van der Waals surface area contributed by atoms with E-state index in [4.69, 9.17) is 5.21 Å². The van der Waals surface area contributed by atoms with Gasteiger partial charge in [0.2, 0.25) is 0 Å². The van der Waals surface area contributed by atoms with Crippen LogP contribution in [-0.2, 0) is 0 Å². The smallest absolute Gasteiger partial charge is 0.0574 e. The molecule has 0 aromatic heterocycles. The Hall–Kier alpha value is -0.530. The van der Waals surface area contributed by atoms with Crippen molar-refractivity contribution in [3.8, 4) is 0 Å². The normalized spacial score (nSPS) is 54.9. The minimum atomic E-state index is 0.529. The molecule has 2 heteroatoms. The monoisotopic (exact) mass is 289 g/mol. The summed E-state index contributed by atoms with van der Waals surface area (Å²) >= 11 is 0. The fourth-order valence-corrected chi connectivity index (χ4v) is 7.14. The van der Waals surface area contributed by atoms with Crippen LogP contribution in [0.1, 0.15) is 78.1 Å². The van der Waals surface area contributed by atoms with Gasteiger partial charge in [-0.25, -0.2) is 0 Å². The number of hydrogen-bond acceptors (Lipinski definition) is 2. The van der Waals surface area contributed by atoms with Crippen molar-refractivity contribution in [1.29, 1.82) is 0 Å². The van der Waals surface area contributed by atoms with Crippen LogP contribution >= 0.6 is 0 Å². The van der Waals surface area contributed by atoms with Crippen LogP contribution in [0.3, 0.4) is 0 Å². The molecule has 0 radical (unpaired) electrons. The number of oxime groups is 1. The largest absolute Gasteiger partial charge is 0.411 e. The standard InChI is InChI=1S/C19H31NO/c1-18-9-3-4-16(18)15-6-5-13-12-14(20-21)7-11-19(13,2)17(15)8-10-18/h13,15-17,21H,3-12H2,1-2H3/b20-14-/t13-,15+,16+,17+,18+,19-/m0/s1. The lowest BCUT2D eigenvalue weighted by Crippen LogP contribution is -2.52. The molecule has 2 nitrogen and oxygen atoms in total. The summed E-state index contributed by atoms with van der Waals surface area (Å²) in [7, 11) is 0. The van der Waals surface area contributed by atoms with Crippen molar-refractivity contribution in [2.75, 3.05) is 0 Å². The second kappa shape index (κ2) is 4.73. The molecular weight excluding hydrogens is 258 g/mol. The molecule has 4 aliphatic carbocycles. The molecule has 0 aromatic rings. The quantitative estimate of drug-likeness (QED) is 0.479. The molecule has 118 valence electrons. The van der Waals surface area contributed by atoms with Crippen molar-refractivity contribution >= 4 is 5.71 Å². The first kappa shape index (κ1) is 14.1. The van der Waals surface area contributed by atoms with Gasteiger partial charge in [0.25, 0.3) is 0 Å². The molecule has 0 saturated heterocycles. The van der Waals surface area contributed by atoms with Gasteiger partial charge in [-0.1, -0.05) is 25.4 Å². The Labute approximate surface area is 129 Å². The van der Waals surface area contributed by atoms with Crippen LogP contribution in [-0.4, -0.2) is 10.9 Å². The van der Waals surface area contributed by atoms with E-state index in [1.165, 1.54) is 51.4 Å². The van der Waals surface area contributed by atoms with Crippen LogP contribution in [0, 0.1) is 34.5 Å². The minimum Gasteiger partial charge on any atom is -0.411 e.